The maximum absolute atomic E-state index is 12.4. The Kier molecular flexibility index (Phi) is 6.77. The second-order valence-corrected chi connectivity index (χ2v) is 8.15. The molecule has 1 N–H and O–H groups in total. The molecule has 8 heteroatoms. The van der Waals surface area contributed by atoms with Crippen molar-refractivity contribution in [3.05, 3.63) is 56.0 Å². The zero-order valence-corrected chi connectivity index (χ0v) is 17.8. The lowest BCUT2D eigenvalue weighted by Gasteiger charge is -2.36. The molecule has 2 aromatic carbocycles. The molecule has 0 aliphatic carbocycles. The van der Waals surface area contributed by atoms with Gasteiger partial charge in [-0.05, 0) is 36.8 Å². The third-order valence-electron chi connectivity index (χ3n) is 4.54. The number of carbonyl (C=O) groups is 1. The van der Waals surface area contributed by atoms with E-state index in [1.165, 1.54) is 11.6 Å². The van der Waals surface area contributed by atoms with Gasteiger partial charge in [-0.25, -0.2) is 0 Å². The first-order chi connectivity index (χ1) is 12.8. The van der Waals surface area contributed by atoms with E-state index in [0.717, 1.165) is 36.9 Å². The summed E-state index contributed by atoms with van der Waals surface area (Å²) in [5, 5.41) is 4.59. The Morgan fingerprint density at radius 3 is 2.33 bits per heavy atom. The molecule has 0 aromatic heterocycles. The number of aryl methyl sites for hydroxylation is 1. The van der Waals surface area contributed by atoms with Crippen LogP contribution in [0.4, 0.5) is 11.4 Å². The fraction of sp³-hybridized carbons (Fsp3) is 0.316. The van der Waals surface area contributed by atoms with Crippen molar-refractivity contribution in [2.75, 3.05) is 42.9 Å². The van der Waals surface area contributed by atoms with Gasteiger partial charge in [0.1, 0.15) is 0 Å². The minimum Gasteiger partial charge on any atom is -0.369 e. The van der Waals surface area contributed by atoms with Crippen molar-refractivity contribution in [1.82, 2.24) is 4.90 Å². The van der Waals surface area contributed by atoms with Crippen molar-refractivity contribution in [3.8, 4) is 0 Å². The molecule has 4 nitrogen and oxygen atoms in total. The predicted octanol–water partition coefficient (Wildman–Crippen LogP) is 5.37. The Balaban J connectivity index is 1.55. The Morgan fingerprint density at radius 2 is 1.63 bits per heavy atom. The summed E-state index contributed by atoms with van der Waals surface area (Å²) in [5.74, 6) is -0.136. The van der Waals surface area contributed by atoms with Gasteiger partial charge in [0.15, 0.2) is 0 Å². The van der Waals surface area contributed by atoms with Crippen LogP contribution in [-0.4, -0.2) is 43.5 Å². The van der Waals surface area contributed by atoms with Gasteiger partial charge in [0, 0.05) is 36.9 Å². The minimum absolute atomic E-state index is 0.136. The number of nitrogens with one attached hydrogen (secondary N) is 1. The van der Waals surface area contributed by atoms with E-state index in [0.29, 0.717) is 27.3 Å². The topological polar surface area (TPSA) is 35.6 Å². The molecule has 0 spiro atoms. The minimum atomic E-state index is -0.136. The molecule has 0 saturated carbocycles. The summed E-state index contributed by atoms with van der Waals surface area (Å²) in [6, 6.07) is 9.00. The van der Waals surface area contributed by atoms with E-state index in [4.69, 9.17) is 46.4 Å². The van der Waals surface area contributed by atoms with Crippen LogP contribution in [0.25, 0.3) is 0 Å². The van der Waals surface area contributed by atoms with E-state index in [-0.39, 0.29) is 5.91 Å². The van der Waals surface area contributed by atoms with E-state index < -0.39 is 0 Å². The molecule has 0 unspecified atom stereocenters. The van der Waals surface area contributed by atoms with Crippen LogP contribution in [0.1, 0.15) is 5.56 Å². The molecule has 144 valence electrons. The van der Waals surface area contributed by atoms with Crippen LogP contribution in [-0.2, 0) is 4.79 Å². The smallest absolute Gasteiger partial charge is 0.238 e. The van der Waals surface area contributed by atoms with Crippen LogP contribution in [0.2, 0.25) is 20.1 Å². The van der Waals surface area contributed by atoms with E-state index >= 15 is 0 Å². The zero-order valence-electron chi connectivity index (χ0n) is 14.7. The second kappa shape index (κ2) is 8.89. The number of carbonyl (C=O) groups excluding carboxylic acids is 1. The number of hydrogen-bond acceptors (Lipinski definition) is 3. The third kappa shape index (κ3) is 5.21. The highest BCUT2D eigenvalue weighted by atomic mass is 35.5. The van der Waals surface area contributed by atoms with E-state index in [2.05, 4.69) is 22.0 Å². The van der Waals surface area contributed by atoms with Crippen molar-refractivity contribution >= 4 is 63.7 Å². The highest BCUT2D eigenvalue weighted by molar-refractivity contribution is 6.44. The Hall–Kier alpha value is -1.17. The van der Waals surface area contributed by atoms with Gasteiger partial charge in [-0.1, -0.05) is 52.5 Å². The summed E-state index contributed by atoms with van der Waals surface area (Å²) >= 11 is 24.1. The van der Waals surface area contributed by atoms with Gasteiger partial charge >= 0.3 is 0 Å². The number of hydrogen-bond donors (Lipinski definition) is 1. The van der Waals surface area contributed by atoms with Gasteiger partial charge in [0.25, 0.3) is 0 Å². The molecule has 1 aliphatic heterocycles. The van der Waals surface area contributed by atoms with E-state index in [9.17, 15) is 4.79 Å². The van der Waals surface area contributed by atoms with Gasteiger partial charge in [-0.3, -0.25) is 9.69 Å². The van der Waals surface area contributed by atoms with Gasteiger partial charge < -0.3 is 10.2 Å². The molecule has 2 aromatic rings. The Bertz CT molecular complexity index is 851. The molecule has 0 bridgehead atoms. The molecule has 1 heterocycles. The Morgan fingerprint density at radius 1 is 0.963 bits per heavy atom. The average Bonchev–Trinajstić information content (AvgIpc) is 2.62. The molecule has 0 radical (unpaired) electrons. The summed E-state index contributed by atoms with van der Waals surface area (Å²) in [6.45, 7) is 5.61. The first kappa shape index (κ1) is 20.6. The van der Waals surface area contributed by atoms with Crippen LogP contribution in [0.3, 0.4) is 0 Å². The van der Waals surface area contributed by atoms with Crippen molar-refractivity contribution in [3.63, 3.8) is 0 Å². The van der Waals surface area contributed by atoms with Gasteiger partial charge in [0.05, 0.1) is 27.3 Å². The molecule has 27 heavy (non-hydrogen) atoms. The SMILES string of the molecule is Cc1ccc(Cl)cc1N1CCN(CC(=O)Nc2cc(Cl)c(Cl)cc2Cl)CC1. The Labute approximate surface area is 178 Å². The highest BCUT2D eigenvalue weighted by Gasteiger charge is 2.21. The van der Waals surface area contributed by atoms with E-state index in [1.807, 2.05) is 18.2 Å². The largest absolute Gasteiger partial charge is 0.369 e. The molecule has 3 rings (SSSR count). The lowest BCUT2D eigenvalue weighted by molar-refractivity contribution is -0.117. The molecular formula is C19H19Cl4N3O. The lowest BCUT2D eigenvalue weighted by atomic mass is 10.1. The average molecular weight is 447 g/mol. The van der Waals surface area contributed by atoms with Crippen LogP contribution < -0.4 is 10.2 Å². The van der Waals surface area contributed by atoms with E-state index in [1.54, 1.807) is 6.07 Å². The maximum atomic E-state index is 12.4. The summed E-state index contributed by atoms with van der Waals surface area (Å²) in [5.41, 5.74) is 2.80. The fourth-order valence-corrected chi connectivity index (χ4v) is 3.84. The number of amides is 1. The summed E-state index contributed by atoms with van der Waals surface area (Å²) < 4.78 is 0. The molecule has 1 aliphatic rings. The van der Waals surface area contributed by atoms with Crippen LogP contribution in [0, 0.1) is 6.92 Å². The maximum Gasteiger partial charge on any atom is 0.238 e. The summed E-state index contributed by atoms with van der Waals surface area (Å²) in [4.78, 5) is 16.8. The summed E-state index contributed by atoms with van der Waals surface area (Å²) in [7, 11) is 0. The van der Waals surface area contributed by atoms with Gasteiger partial charge in [0.2, 0.25) is 5.91 Å². The van der Waals surface area contributed by atoms with Crippen molar-refractivity contribution in [2.24, 2.45) is 0 Å². The van der Waals surface area contributed by atoms with Crippen molar-refractivity contribution in [2.45, 2.75) is 6.92 Å². The van der Waals surface area contributed by atoms with Crippen LogP contribution in [0.15, 0.2) is 30.3 Å². The lowest BCUT2D eigenvalue weighted by Crippen LogP contribution is -2.48. The number of piperazine rings is 1. The quantitative estimate of drug-likeness (QED) is 0.641. The third-order valence-corrected chi connectivity index (χ3v) is 5.81. The number of benzene rings is 2. The normalized spacial score (nSPS) is 15.1. The molecule has 1 saturated heterocycles. The summed E-state index contributed by atoms with van der Waals surface area (Å²) in [6.07, 6.45) is 0. The highest BCUT2D eigenvalue weighted by Crippen LogP contribution is 2.32. The zero-order chi connectivity index (χ0) is 19.6. The molecule has 0 atom stereocenters. The van der Waals surface area contributed by atoms with Crippen LogP contribution in [0.5, 0.6) is 0 Å². The number of rotatable bonds is 4. The van der Waals surface area contributed by atoms with Crippen LogP contribution >= 0.6 is 46.4 Å². The first-order valence-corrected chi connectivity index (χ1v) is 10.0. The molecule has 1 amide bonds. The van der Waals surface area contributed by atoms with Gasteiger partial charge in [-0.2, -0.15) is 0 Å². The number of anilines is 2. The fourth-order valence-electron chi connectivity index (χ4n) is 3.08. The molecular weight excluding hydrogens is 428 g/mol. The first-order valence-electron chi connectivity index (χ1n) is 8.51. The van der Waals surface area contributed by atoms with Crippen molar-refractivity contribution < 1.29 is 4.79 Å². The number of nitrogens with zero attached hydrogens (tertiary/aromatic N) is 2. The molecule has 1 fully saturated rings. The number of halogens is 4. The standard InChI is InChI=1S/C19H19Cl4N3O/c1-12-2-3-13(20)8-18(12)26-6-4-25(5-7-26)11-19(27)24-17-10-15(22)14(21)9-16(17)23/h2-3,8-10H,4-7,11H2,1H3,(H,24,27). The van der Waals surface area contributed by atoms with Gasteiger partial charge in [-0.15, -0.1) is 0 Å². The monoisotopic (exact) mass is 445 g/mol. The predicted molar refractivity (Wildman–Crippen MR) is 115 cm³/mol. The van der Waals surface area contributed by atoms with Crippen molar-refractivity contribution in [1.29, 1.82) is 0 Å². The second-order valence-electron chi connectivity index (χ2n) is 6.49.